The summed E-state index contributed by atoms with van der Waals surface area (Å²) in [5, 5.41) is 11.5. The number of carboxylic acid groups (broad SMARTS) is 1. The molecule has 2 N–H and O–H groups in total. The predicted octanol–water partition coefficient (Wildman–Crippen LogP) is 2.21. The number of hydrogen-bond acceptors (Lipinski definition) is 3. The van der Waals surface area contributed by atoms with Crippen LogP contribution in [0.25, 0.3) is 5.65 Å². The number of benzene rings is 1. The van der Waals surface area contributed by atoms with Gasteiger partial charge in [-0.1, -0.05) is 6.07 Å². The Balaban J connectivity index is 1.68. The fourth-order valence-corrected chi connectivity index (χ4v) is 2.14. The summed E-state index contributed by atoms with van der Waals surface area (Å²) < 4.78 is 1.85. The third-order valence-electron chi connectivity index (χ3n) is 3.17. The number of aromatic carboxylic acids is 1. The Morgan fingerprint density at radius 2 is 1.91 bits per heavy atom. The van der Waals surface area contributed by atoms with Crippen LogP contribution >= 0.6 is 0 Å². The highest BCUT2D eigenvalue weighted by Gasteiger charge is 2.08. The molecule has 0 bridgehead atoms. The number of carboxylic acids is 1. The molecule has 0 spiro atoms. The number of carbonyl (C=O) groups excluding carboxylic acids is 1. The maximum absolute atomic E-state index is 12.0. The van der Waals surface area contributed by atoms with Gasteiger partial charge >= 0.3 is 5.97 Å². The maximum atomic E-state index is 12.0. The van der Waals surface area contributed by atoms with Crippen LogP contribution in [0.4, 0.5) is 5.69 Å². The molecule has 0 saturated carbocycles. The number of nitrogens with one attached hydrogen (secondary N) is 1. The first-order valence-electron chi connectivity index (χ1n) is 6.67. The van der Waals surface area contributed by atoms with Crippen molar-refractivity contribution in [3.8, 4) is 0 Å². The van der Waals surface area contributed by atoms with Crippen molar-refractivity contribution in [1.82, 2.24) is 9.38 Å². The van der Waals surface area contributed by atoms with Crippen molar-refractivity contribution in [2.24, 2.45) is 0 Å². The summed E-state index contributed by atoms with van der Waals surface area (Å²) in [5.74, 6) is -1.20. The van der Waals surface area contributed by atoms with E-state index in [0.717, 1.165) is 5.65 Å². The minimum absolute atomic E-state index is 0.155. The summed E-state index contributed by atoms with van der Waals surface area (Å²) in [6.07, 6.45) is 3.83. The molecule has 0 fully saturated rings. The minimum atomic E-state index is -0.998. The van der Waals surface area contributed by atoms with Crippen molar-refractivity contribution in [1.29, 1.82) is 0 Å². The first-order chi connectivity index (χ1) is 10.6. The zero-order chi connectivity index (χ0) is 15.5. The van der Waals surface area contributed by atoms with E-state index >= 15 is 0 Å². The Morgan fingerprint density at radius 1 is 1.14 bits per heavy atom. The van der Waals surface area contributed by atoms with Gasteiger partial charge in [-0.25, -0.2) is 9.78 Å². The third kappa shape index (κ3) is 2.95. The first kappa shape index (κ1) is 13.8. The second-order valence-corrected chi connectivity index (χ2v) is 4.81. The lowest BCUT2D eigenvalue weighted by atomic mass is 10.2. The van der Waals surface area contributed by atoms with Gasteiger partial charge in [-0.15, -0.1) is 0 Å². The second-order valence-electron chi connectivity index (χ2n) is 4.81. The first-order valence-corrected chi connectivity index (χ1v) is 6.67. The van der Waals surface area contributed by atoms with E-state index in [1.54, 1.807) is 12.1 Å². The molecule has 0 aliphatic heterocycles. The van der Waals surface area contributed by atoms with Crippen LogP contribution in [0.2, 0.25) is 0 Å². The van der Waals surface area contributed by atoms with Crippen LogP contribution in [0.15, 0.2) is 54.9 Å². The average molecular weight is 295 g/mol. The quantitative estimate of drug-likeness (QED) is 0.773. The summed E-state index contributed by atoms with van der Waals surface area (Å²) in [5.41, 5.74) is 2.19. The Bertz CT molecular complexity index is 804. The van der Waals surface area contributed by atoms with Crippen LogP contribution in [0.1, 0.15) is 16.1 Å². The lowest BCUT2D eigenvalue weighted by molar-refractivity contribution is -0.115. The molecular weight excluding hydrogens is 282 g/mol. The number of rotatable bonds is 4. The number of imidazole rings is 1. The Kier molecular flexibility index (Phi) is 3.57. The lowest BCUT2D eigenvalue weighted by Crippen LogP contribution is -2.14. The summed E-state index contributed by atoms with van der Waals surface area (Å²) in [4.78, 5) is 27.1. The van der Waals surface area contributed by atoms with E-state index < -0.39 is 5.97 Å². The van der Waals surface area contributed by atoms with Crippen molar-refractivity contribution >= 4 is 23.2 Å². The molecule has 0 aliphatic rings. The summed E-state index contributed by atoms with van der Waals surface area (Å²) >= 11 is 0. The molecule has 110 valence electrons. The molecule has 2 heterocycles. The molecule has 0 unspecified atom stereocenters. The molecule has 3 aromatic rings. The fraction of sp³-hybridized carbons (Fsp3) is 0.0625. The van der Waals surface area contributed by atoms with Crippen LogP contribution in [-0.2, 0) is 11.2 Å². The number of amides is 1. The van der Waals surface area contributed by atoms with E-state index in [0.29, 0.717) is 11.4 Å². The van der Waals surface area contributed by atoms with Gasteiger partial charge in [0, 0.05) is 18.1 Å². The number of carbonyl (C=O) groups is 2. The molecule has 3 rings (SSSR count). The SMILES string of the molecule is O=C(Cc1cn2ccccc2n1)Nc1ccc(C(=O)O)cc1. The molecular formula is C16H13N3O3. The molecule has 0 aliphatic carbocycles. The van der Waals surface area contributed by atoms with Crippen LogP contribution in [-0.4, -0.2) is 26.4 Å². The normalized spacial score (nSPS) is 10.5. The van der Waals surface area contributed by atoms with Gasteiger partial charge in [-0.3, -0.25) is 4.79 Å². The smallest absolute Gasteiger partial charge is 0.335 e. The maximum Gasteiger partial charge on any atom is 0.335 e. The topological polar surface area (TPSA) is 83.7 Å². The molecule has 0 radical (unpaired) electrons. The molecule has 0 atom stereocenters. The number of nitrogens with zero attached hydrogens (tertiary/aromatic N) is 2. The number of anilines is 1. The van der Waals surface area contributed by atoms with E-state index in [1.807, 2.05) is 35.0 Å². The summed E-state index contributed by atoms with van der Waals surface area (Å²) in [6.45, 7) is 0. The van der Waals surface area contributed by atoms with Crippen LogP contribution in [0.3, 0.4) is 0 Å². The van der Waals surface area contributed by atoms with Gasteiger partial charge < -0.3 is 14.8 Å². The minimum Gasteiger partial charge on any atom is -0.478 e. The largest absolute Gasteiger partial charge is 0.478 e. The number of pyridine rings is 1. The van der Waals surface area contributed by atoms with Crippen LogP contribution in [0, 0.1) is 0 Å². The number of aromatic nitrogens is 2. The molecule has 2 aromatic heterocycles. The fourth-order valence-electron chi connectivity index (χ4n) is 2.14. The lowest BCUT2D eigenvalue weighted by Gasteiger charge is -2.04. The van der Waals surface area contributed by atoms with Gasteiger partial charge in [-0.05, 0) is 36.4 Å². The highest BCUT2D eigenvalue weighted by atomic mass is 16.4. The van der Waals surface area contributed by atoms with E-state index in [-0.39, 0.29) is 17.9 Å². The average Bonchev–Trinajstić information content (AvgIpc) is 2.89. The highest BCUT2D eigenvalue weighted by Crippen LogP contribution is 2.11. The van der Waals surface area contributed by atoms with Crippen molar-refractivity contribution in [3.05, 3.63) is 66.1 Å². The van der Waals surface area contributed by atoms with Gasteiger partial charge in [0.1, 0.15) is 5.65 Å². The third-order valence-corrected chi connectivity index (χ3v) is 3.17. The second kappa shape index (κ2) is 5.69. The van der Waals surface area contributed by atoms with Gasteiger partial charge in [-0.2, -0.15) is 0 Å². The van der Waals surface area contributed by atoms with Gasteiger partial charge in [0.15, 0.2) is 0 Å². The van der Waals surface area contributed by atoms with Crippen LogP contribution in [0.5, 0.6) is 0 Å². The van der Waals surface area contributed by atoms with Gasteiger partial charge in [0.25, 0.3) is 0 Å². The van der Waals surface area contributed by atoms with Crippen molar-refractivity contribution < 1.29 is 14.7 Å². The summed E-state index contributed by atoms with van der Waals surface area (Å²) in [6, 6.07) is 11.7. The number of fused-ring (bicyclic) bond motifs is 1. The summed E-state index contributed by atoms with van der Waals surface area (Å²) in [7, 11) is 0. The zero-order valence-electron chi connectivity index (χ0n) is 11.6. The molecule has 6 heteroatoms. The monoisotopic (exact) mass is 295 g/mol. The molecule has 22 heavy (non-hydrogen) atoms. The van der Waals surface area contributed by atoms with E-state index in [9.17, 15) is 9.59 Å². The Morgan fingerprint density at radius 3 is 2.59 bits per heavy atom. The van der Waals surface area contributed by atoms with E-state index in [1.165, 1.54) is 12.1 Å². The van der Waals surface area contributed by atoms with Gasteiger partial charge in [0.05, 0.1) is 17.7 Å². The van der Waals surface area contributed by atoms with Crippen molar-refractivity contribution in [2.45, 2.75) is 6.42 Å². The number of hydrogen-bond donors (Lipinski definition) is 2. The standard InChI is InChI=1S/C16H13N3O3/c20-15(18-12-6-4-11(5-7-12)16(21)22)9-13-10-19-8-2-1-3-14(19)17-13/h1-8,10H,9H2,(H,18,20)(H,21,22). The molecule has 1 aromatic carbocycles. The van der Waals surface area contributed by atoms with Crippen molar-refractivity contribution in [3.63, 3.8) is 0 Å². The van der Waals surface area contributed by atoms with E-state index in [4.69, 9.17) is 5.11 Å². The van der Waals surface area contributed by atoms with Gasteiger partial charge in [0.2, 0.25) is 5.91 Å². The Hall–Kier alpha value is -3.15. The predicted molar refractivity (Wildman–Crippen MR) is 80.9 cm³/mol. The zero-order valence-corrected chi connectivity index (χ0v) is 11.6. The van der Waals surface area contributed by atoms with Crippen LogP contribution < -0.4 is 5.32 Å². The molecule has 1 amide bonds. The van der Waals surface area contributed by atoms with E-state index in [2.05, 4.69) is 10.3 Å². The Labute approximate surface area is 126 Å². The molecule has 6 nitrogen and oxygen atoms in total. The molecule has 0 saturated heterocycles. The highest BCUT2D eigenvalue weighted by molar-refractivity contribution is 5.93. The van der Waals surface area contributed by atoms with Crippen molar-refractivity contribution in [2.75, 3.05) is 5.32 Å².